The number of aromatic nitrogens is 3. The van der Waals surface area contributed by atoms with E-state index in [0.29, 0.717) is 22.9 Å². The van der Waals surface area contributed by atoms with Gasteiger partial charge in [-0.25, -0.2) is 9.97 Å². The summed E-state index contributed by atoms with van der Waals surface area (Å²) in [6.45, 7) is 1.41. The number of fused-ring (bicyclic) bond motifs is 1. The smallest absolute Gasteiger partial charge is 0.255 e. The van der Waals surface area contributed by atoms with E-state index in [4.69, 9.17) is 5.73 Å². The van der Waals surface area contributed by atoms with Crippen LogP contribution in [0.4, 0.5) is 5.13 Å². The van der Waals surface area contributed by atoms with Gasteiger partial charge in [-0.3, -0.25) is 9.78 Å². The van der Waals surface area contributed by atoms with E-state index in [1.54, 1.807) is 24.5 Å². The Balaban J connectivity index is 1.54. The van der Waals surface area contributed by atoms with Gasteiger partial charge in [0.25, 0.3) is 5.91 Å². The average molecular weight is 325 g/mol. The van der Waals surface area contributed by atoms with Crippen molar-refractivity contribution in [3.05, 3.63) is 47.9 Å². The minimum atomic E-state index is 0.0274. The molecule has 6 nitrogen and oxygen atoms in total. The average Bonchev–Trinajstić information content (AvgIpc) is 3.19. The van der Waals surface area contributed by atoms with E-state index in [9.17, 15) is 4.79 Å². The molecule has 0 radical (unpaired) electrons. The van der Waals surface area contributed by atoms with E-state index in [0.717, 1.165) is 23.4 Å². The molecule has 0 aromatic carbocycles. The lowest BCUT2D eigenvalue weighted by Crippen LogP contribution is -2.28. The van der Waals surface area contributed by atoms with Crippen LogP contribution in [0.25, 0.3) is 10.3 Å². The van der Waals surface area contributed by atoms with Gasteiger partial charge in [-0.05, 0) is 30.7 Å². The van der Waals surface area contributed by atoms with Gasteiger partial charge in [-0.15, -0.1) is 0 Å². The summed E-state index contributed by atoms with van der Waals surface area (Å²) < 4.78 is 0.993. The van der Waals surface area contributed by atoms with Crippen molar-refractivity contribution >= 4 is 32.7 Å². The molecule has 0 spiro atoms. The van der Waals surface area contributed by atoms with Crippen LogP contribution in [0.5, 0.6) is 0 Å². The molecule has 7 heteroatoms. The maximum absolute atomic E-state index is 12.5. The number of amides is 1. The fraction of sp³-hybridized carbons (Fsp3) is 0.250. The number of pyridine rings is 2. The normalized spacial score (nSPS) is 17.7. The molecule has 23 heavy (non-hydrogen) atoms. The maximum atomic E-state index is 12.5. The highest BCUT2D eigenvalue weighted by molar-refractivity contribution is 7.21. The number of nitrogen functional groups attached to an aromatic ring is 1. The predicted octanol–water partition coefficient (Wildman–Crippen LogP) is 2.30. The van der Waals surface area contributed by atoms with Gasteiger partial charge in [-0.1, -0.05) is 11.3 Å². The third-order valence-corrected chi connectivity index (χ3v) is 4.93. The summed E-state index contributed by atoms with van der Waals surface area (Å²) in [7, 11) is 0. The molecule has 1 fully saturated rings. The molecule has 4 rings (SSSR count). The molecular formula is C16H15N5OS. The zero-order valence-corrected chi connectivity index (χ0v) is 13.2. The molecule has 4 heterocycles. The molecule has 3 aromatic rings. The van der Waals surface area contributed by atoms with E-state index in [-0.39, 0.29) is 11.8 Å². The highest BCUT2D eigenvalue weighted by Gasteiger charge is 2.29. The first-order valence-corrected chi connectivity index (χ1v) is 8.24. The van der Waals surface area contributed by atoms with E-state index in [2.05, 4.69) is 15.0 Å². The van der Waals surface area contributed by atoms with E-state index in [1.807, 2.05) is 17.0 Å². The monoisotopic (exact) mass is 325 g/mol. The first kappa shape index (κ1) is 14.1. The predicted molar refractivity (Wildman–Crippen MR) is 89.3 cm³/mol. The molecule has 1 atom stereocenters. The van der Waals surface area contributed by atoms with Crippen molar-refractivity contribution in [2.75, 3.05) is 18.8 Å². The Morgan fingerprint density at radius 2 is 2.22 bits per heavy atom. The highest BCUT2D eigenvalue weighted by atomic mass is 32.1. The van der Waals surface area contributed by atoms with Crippen molar-refractivity contribution in [2.24, 2.45) is 0 Å². The van der Waals surface area contributed by atoms with Crippen LogP contribution in [0.1, 0.15) is 28.4 Å². The summed E-state index contributed by atoms with van der Waals surface area (Å²) in [6.07, 6.45) is 4.18. The summed E-state index contributed by atoms with van der Waals surface area (Å²) in [5, 5.41) is 0.532. The third kappa shape index (κ3) is 2.63. The first-order valence-electron chi connectivity index (χ1n) is 7.43. The molecule has 0 aliphatic carbocycles. The van der Waals surface area contributed by atoms with Crippen LogP contribution in [-0.2, 0) is 0 Å². The van der Waals surface area contributed by atoms with Gasteiger partial charge in [0.05, 0.1) is 10.3 Å². The van der Waals surface area contributed by atoms with Gasteiger partial charge >= 0.3 is 0 Å². The standard InChI is InChI=1S/C16H15N5OS/c17-16-20-14-13(23-16)4-3-12(19-14)11-5-7-21(9-11)15(22)10-2-1-6-18-8-10/h1-4,6,8,11H,5,7,9H2,(H2,17,19,20). The Morgan fingerprint density at radius 1 is 1.30 bits per heavy atom. The zero-order valence-electron chi connectivity index (χ0n) is 12.3. The van der Waals surface area contributed by atoms with Crippen molar-refractivity contribution in [3.63, 3.8) is 0 Å². The van der Waals surface area contributed by atoms with E-state index >= 15 is 0 Å². The van der Waals surface area contributed by atoms with Gasteiger partial charge in [-0.2, -0.15) is 0 Å². The first-order chi connectivity index (χ1) is 11.2. The molecule has 1 aliphatic heterocycles. The number of carbonyl (C=O) groups is 1. The third-order valence-electron chi connectivity index (χ3n) is 4.09. The molecule has 1 saturated heterocycles. The Bertz CT molecular complexity index is 863. The quantitative estimate of drug-likeness (QED) is 0.781. The number of hydrogen-bond acceptors (Lipinski definition) is 6. The van der Waals surface area contributed by atoms with Crippen LogP contribution in [0.3, 0.4) is 0 Å². The molecule has 2 N–H and O–H groups in total. The summed E-state index contributed by atoms with van der Waals surface area (Å²) >= 11 is 1.44. The number of likely N-dealkylation sites (tertiary alicyclic amines) is 1. The fourth-order valence-corrected chi connectivity index (χ4v) is 3.61. The van der Waals surface area contributed by atoms with Crippen LogP contribution in [0, 0.1) is 0 Å². The van der Waals surface area contributed by atoms with Crippen LogP contribution >= 0.6 is 11.3 Å². The molecule has 3 aromatic heterocycles. The topological polar surface area (TPSA) is 85.0 Å². The van der Waals surface area contributed by atoms with E-state index < -0.39 is 0 Å². The van der Waals surface area contributed by atoms with Crippen molar-refractivity contribution < 1.29 is 4.79 Å². The second kappa shape index (κ2) is 5.58. The zero-order chi connectivity index (χ0) is 15.8. The van der Waals surface area contributed by atoms with Crippen LogP contribution in [-0.4, -0.2) is 38.8 Å². The van der Waals surface area contributed by atoms with Gasteiger partial charge < -0.3 is 10.6 Å². The lowest BCUT2D eigenvalue weighted by Gasteiger charge is -2.16. The van der Waals surface area contributed by atoms with E-state index in [1.165, 1.54) is 11.3 Å². The number of nitrogens with zero attached hydrogens (tertiary/aromatic N) is 4. The number of hydrogen-bond donors (Lipinski definition) is 1. The number of carbonyl (C=O) groups excluding carboxylic acids is 1. The minimum Gasteiger partial charge on any atom is -0.375 e. The number of thiazole rings is 1. The minimum absolute atomic E-state index is 0.0274. The van der Waals surface area contributed by atoms with Crippen LogP contribution < -0.4 is 5.73 Å². The second-order valence-electron chi connectivity index (χ2n) is 5.59. The molecular weight excluding hydrogens is 310 g/mol. The number of anilines is 1. The highest BCUT2D eigenvalue weighted by Crippen LogP contribution is 2.30. The van der Waals surface area contributed by atoms with Crippen molar-refractivity contribution in [1.82, 2.24) is 19.9 Å². The largest absolute Gasteiger partial charge is 0.375 e. The van der Waals surface area contributed by atoms with Gasteiger partial charge in [0.15, 0.2) is 10.8 Å². The van der Waals surface area contributed by atoms with Gasteiger partial charge in [0.2, 0.25) is 0 Å². The summed E-state index contributed by atoms with van der Waals surface area (Å²) in [5.74, 6) is 0.266. The van der Waals surface area contributed by atoms with Gasteiger partial charge in [0, 0.05) is 37.1 Å². The molecule has 1 unspecified atom stereocenters. The Hall–Kier alpha value is -2.54. The lowest BCUT2D eigenvalue weighted by molar-refractivity contribution is 0.0790. The molecule has 0 bridgehead atoms. The Morgan fingerprint density at radius 3 is 3.04 bits per heavy atom. The van der Waals surface area contributed by atoms with Crippen molar-refractivity contribution in [1.29, 1.82) is 0 Å². The molecule has 0 saturated carbocycles. The second-order valence-corrected chi connectivity index (χ2v) is 6.65. The summed E-state index contributed by atoms with van der Waals surface area (Å²) in [4.78, 5) is 27.2. The molecule has 116 valence electrons. The summed E-state index contributed by atoms with van der Waals surface area (Å²) in [5.41, 5.74) is 8.03. The van der Waals surface area contributed by atoms with Crippen molar-refractivity contribution in [3.8, 4) is 0 Å². The fourth-order valence-electron chi connectivity index (χ4n) is 2.94. The van der Waals surface area contributed by atoms with Crippen LogP contribution in [0.2, 0.25) is 0 Å². The molecule has 1 amide bonds. The van der Waals surface area contributed by atoms with Crippen molar-refractivity contribution in [2.45, 2.75) is 12.3 Å². The Labute approximate surface area is 137 Å². The SMILES string of the molecule is Nc1nc2nc(C3CCN(C(=O)c4cccnc4)C3)ccc2s1. The summed E-state index contributed by atoms with van der Waals surface area (Å²) in [6, 6.07) is 7.61. The number of rotatable bonds is 2. The maximum Gasteiger partial charge on any atom is 0.255 e. The lowest BCUT2D eigenvalue weighted by atomic mass is 10.0. The van der Waals surface area contributed by atoms with Crippen LogP contribution in [0.15, 0.2) is 36.7 Å². The number of nitrogens with two attached hydrogens (primary N) is 1. The Kier molecular flexibility index (Phi) is 3.42. The van der Waals surface area contributed by atoms with Gasteiger partial charge in [0.1, 0.15) is 0 Å². The molecule has 1 aliphatic rings.